The third kappa shape index (κ3) is 56.5. The summed E-state index contributed by atoms with van der Waals surface area (Å²) in [4.78, 5) is 0. The number of hydrogen-bond donors (Lipinski definition) is 3. The van der Waals surface area contributed by atoms with Crippen LogP contribution >= 0.6 is 71.9 Å². The summed E-state index contributed by atoms with van der Waals surface area (Å²) in [5.41, 5.74) is 0. The van der Waals surface area contributed by atoms with Crippen LogP contribution in [0.15, 0.2) is 0 Å². The summed E-state index contributed by atoms with van der Waals surface area (Å²) in [5.74, 6) is 0. The van der Waals surface area contributed by atoms with Gasteiger partial charge in [0.05, 0.1) is 51.3 Å². The van der Waals surface area contributed by atoms with Gasteiger partial charge >= 0.3 is 0 Å². The zero-order valence-electron chi connectivity index (χ0n) is 12.6. The van der Waals surface area contributed by atoms with Crippen LogP contribution in [0.3, 0.4) is 0 Å². The smallest absolute Gasteiger partial charge is 0.104 e. The van der Waals surface area contributed by atoms with Crippen LogP contribution in [0.1, 0.15) is 72.8 Å². The average Bonchev–Trinajstić information content (AvgIpc) is 2.24. The summed E-state index contributed by atoms with van der Waals surface area (Å²) < 4.78 is 15.9. The van der Waals surface area contributed by atoms with E-state index in [4.69, 9.17) is 29.5 Å². The molecule has 0 bridgehead atoms. The largest absolute Gasteiger partial charge is 0.391 e. The lowest BCUT2D eigenvalue weighted by atomic mass is 10.3. The van der Waals surface area contributed by atoms with Crippen LogP contribution in [0.4, 0.5) is 0 Å². The van der Waals surface area contributed by atoms with Gasteiger partial charge in [0.15, 0.2) is 0 Å². The van der Waals surface area contributed by atoms with Crippen LogP contribution in [0, 0.1) is 0 Å². The highest BCUT2D eigenvalue weighted by Gasteiger charge is 2.12. The van der Waals surface area contributed by atoms with Gasteiger partial charge in [0.25, 0.3) is 0 Å². The fourth-order valence-electron chi connectivity index (χ4n) is 1.16. The lowest BCUT2D eigenvalue weighted by molar-refractivity contribution is -0.0927. The number of halogens is 3. The van der Waals surface area contributed by atoms with Gasteiger partial charge in [0.2, 0.25) is 0 Å². The van der Waals surface area contributed by atoms with Gasteiger partial charge in [-0.1, -0.05) is 52.0 Å². The van der Waals surface area contributed by atoms with Gasteiger partial charge < -0.3 is 29.5 Å². The molecule has 6 nitrogen and oxygen atoms in total. The van der Waals surface area contributed by atoms with Crippen molar-refractivity contribution in [2.45, 2.75) is 97.2 Å². The van der Waals surface area contributed by atoms with Crippen LogP contribution in [0.2, 0.25) is 0 Å². The lowest BCUT2D eigenvalue weighted by Gasteiger charge is -2.20. The topological polar surface area (TPSA) is 88.4 Å². The first-order valence-corrected chi connectivity index (χ1v) is 6.23. The van der Waals surface area contributed by atoms with Crippen LogP contribution in [-0.2, 0) is 14.2 Å². The van der Waals surface area contributed by atoms with Gasteiger partial charge in [0.1, 0.15) is 6.10 Å². The molecule has 0 saturated heterocycles. The van der Waals surface area contributed by atoms with E-state index in [1.165, 1.54) is 0 Å². The van der Waals surface area contributed by atoms with Crippen LogP contribution < -0.4 is 0 Å². The molecule has 0 radical (unpaired) electrons. The first kappa shape index (κ1) is 69.9. The van der Waals surface area contributed by atoms with E-state index in [1.54, 1.807) is 20.8 Å². The highest BCUT2D eigenvalue weighted by molar-refractivity contribution is 14.0. The van der Waals surface area contributed by atoms with Gasteiger partial charge in [-0.15, -0.1) is 71.9 Å². The minimum atomic E-state index is -0.555. The Morgan fingerprint density at radius 1 is 0.500 bits per heavy atom. The second-order valence-corrected chi connectivity index (χ2v) is 4.58. The molecule has 0 aliphatic rings. The highest BCUT2D eigenvalue weighted by atomic mass is 127. The van der Waals surface area contributed by atoms with Crippen molar-refractivity contribution in [3.8, 4) is 0 Å². The molecule has 190 valence electrons. The molecule has 9 heteroatoms. The molecular formula is C19H57I3O6. The Morgan fingerprint density at radius 3 is 0.964 bits per heavy atom. The van der Waals surface area contributed by atoms with Crippen molar-refractivity contribution in [1.29, 1.82) is 0 Å². The molecule has 0 aromatic heterocycles. The van der Waals surface area contributed by atoms with Crippen molar-refractivity contribution in [1.82, 2.24) is 0 Å². The Labute approximate surface area is 230 Å². The van der Waals surface area contributed by atoms with E-state index in [9.17, 15) is 0 Å². The highest BCUT2D eigenvalue weighted by Crippen LogP contribution is 1.99. The molecule has 0 rings (SSSR count). The van der Waals surface area contributed by atoms with Crippen LogP contribution in [-0.4, -0.2) is 72.8 Å². The van der Waals surface area contributed by atoms with Crippen molar-refractivity contribution < 1.29 is 29.5 Å². The predicted octanol–water partition coefficient (Wildman–Crippen LogP) is 5.85. The Bertz CT molecular complexity index is 187. The van der Waals surface area contributed by atoms with E-state index in [0.29, 0.717) is 0 Å². The van der Waals surface area contributed by atoms with E-state index in [-0.39, 0.29) is 163 Å². The van der Waals surface area contributed by atoms with Crippen LogP contribution in [0.5, 0.6) is 0 Å². The number of rotatable bonds is 11. The quantitative estimate of drug-likeness (QED) is 0.229. The third-order valence-corrected chi connectivity index (χ3v) is 1.90. The maximum absolute atomic E-state index is 9.14. The first-order valence-electron chi connectivity index (χ1n) is 6.23. The second-order valence-electron chi connectivity index (χ2n) is 4.58. The van der Waals surface area contributed by atoms with E-state index in [0.717, 1.165) is 0 Å². The normalized spacial score (nSPS) is 11.8. The summed E-state index contributed by atoms with van der Waals surface area (Å²) in [6, 6.07) is 0. The average molecular weight is 762 g/mol. The molecule has 3 atom stereocenters. The molecule has 3 N–H and O–H groups in total. The Kier molecular flexibility index (Phi) is 117. The van der Waals surface area contributed by atoms with Gasteiger partial charge in [-0.05, 0) is 20.8 Å². The van der Waals surface area contributed by atoms with Crippen molar-refractivity contribution in [2.75, 3.05) is 33.0 Å². The van der Waals surface area contributed by atoms with Crippen molar-refractivity contribution >= 4 is 71.9 Å². The third-order valence-electron chi connectivity index (χ3n) is 1.90. The molecular weight excluding hydrogens is 705 g/mol. The lowest BCUT2D eigenvalue weighted by Crippen LogP contribution is -2.31. The number of aliphatic hydroxyl groups is 3. The van der Waals surface area contributed by atoms with E-state index >= 15 is 0 Å². The second kappa shape index (κ2) is 46.9. The molecule has 0 saturated carbocycles. The Hall–Kier alpha value is 1.95. The van der Waals surface area contributed by atoms with Crippen molar-refractivity contribution in [3.05, 3.63) is 0 Å². The van der Waals surface area contributed by atoms with Gasteiger partial charge in [-0.3, -0.25) is 0 Å². The Morgan fingerprint density at radius 2 is 0.750 bits per heavy atom. The number of aliphatic hydroxyl groups excluding tert-OH is 3. The first-order chi connectivity index (χ1) is 8.41. The van der Waals surface area contributed by atoms with Gasteiger partial charge in [0, 0.05) is 0 Å². The van der Waals surface area contributed by atoms with Gasteiger partial charge in [-0.2, -0.15) is 0 Å². The minimum absolute atomic E-state index is 0. The summed E-state index contributed by atoms with van der Waals surface area (Å²) in [5, 5.41) is 27.3. The Balaban J connectivity index is -0.0000000321. The molecule has 3 unspecified atom stereocenters. The fraction of sp³-hybridized carbons (Fsp3) is 1.00. The zero-order valence-corrected chi connectivity index (χ0v) is 19.6. The van der Waals surface area contributed by atoms with Crippen molar-refractivity contribution in [2.24, 2.45) is 0 Å². The molecule has 0 amide bonds. The molecule has 0 aliphatic carbocycles. The molecule has 0 aromatic rings. The summed E-state index contributed by atoms with van der Waals surface area (Å²) in [7, 11) is 0. The van der Waals surface area contributed by atoms with E-state index in [1.807, 2.05) is 0 Å². The fourth-order valence-corrected chi connectivity index (χ4v) is 1.16. The molecule has 0 spiro atoms. The summed E-state index contributed by atoms with van der Waals surface area (Å²) in [6.07, 6.45) is -1.93. The standard InChI is InChI=1S/C12H26O6.7CH4.3HI/c1-9(13)4-16-7-12(18-6-11(3)15)8-17-5-10(2)14;;;;;;;;;;/h9-15H,4-8H2,1-3H3;7*1H4;3*1H. The van der Waals surface area contributed by atoms with Crippen molar-refractivity contribution in [3.63, 3.8) is 0 Å². The zero-order chi connectivity index (χ0) is 14.0. The maximum atomic E-state index is 9.14. The van der Waals surface area contributed by atoms with E-state index < -0.39 is 18.3 Å². The number of ether oxygens (including phenoxy) is 3. The summed E-state index contributed by atoms with van der Waals surface area (Å²) in [6.45, 7) is 6.10. The van der Waals surface area contributed by atoms with Crippen LogP contribution in [0.25, 0.3) is 0 Å². The maximum Gasteiger partial charge on any atom is 0.104 e. The number of hydrogen-bond acceptors (Lipinski definition) is 6. The predicted molar refractivity (Wildman–Crippen MR) is 160 cm³/mol. The van der Waals surface area contributed by atoms with E-state index in [2.05, 4.69) is 0 Å². The molecule has 0 fully saturated rings. The molecule has 0 aliphatic heterocycles. The molecule has 0 heterocycles. The van der Waals surface area contributed by atoms with Gasteiger partial charge in [-0.25, -0.2) is 0 Å². The minimum Gasteiger partial charge on any atom is -0.391 e. The molecule has 28 heavy (non-hydrogen) atoms. The molecule has 0 aromatic carbocycles. The SMILES string of the molecule is C.C.C.C.C.C.C.CC(O)COCC(COCC(C)O)OCC(C)O.I.I.I. The monoisotopic (exact) mass is 762 g/mol. The summed E-state index contributed by atoms with van der Waals surface area (Å²) >= 11 is 0.